The monoisotopic (exact) mass is 364 g/mol. The van der Waals surface area contributed by atoms with E-state index >= 15 is 0 Å². The van der Waals surface area contributed by atoms with Crippen molar-refractivity contribution in [2.45, 2.75) is 38.2 Å². The number of fused-ring (bicyclic) bond motifs is 2. The standard InChI is InChI=1S/C16H15F3N6O/c1-9-13(3-2-10(5-20)15(9)16(17,18)19)25-14(21-22-23-25)7-24-6-12-4-11(24)8-26-12/h2-3,11-12H,4,6-8H2,1H3/t11-,12?/m0/s1. The van der Waals surface area contributed by atoms with E-state index in [0.29, 0.717) is 19.0 Å². The summed E-state index contributed by atoms with van der Waals surface area (Å²) in [6.07, 6.45) is -3.47. The Bertz CT molecular complexity index is 887. The molecule has 2 bridgehead atoms. The zero-order chi connectivity index (χ0) is 18.5. The fourth-order valence-electron chi connectivity index (χ4n) is 3.73. The smallest absolute Gasteiger partial charge is 0.375 e. The Kier molecular flexibility index (Phi) is 3.93. The van der Waals surface area contributed by atoms with Crippen LogP contribution in [0.4, 0.5) is 13.2 Å². The molecule has 3 heterocycles. The molecule has 4 rings (SSSR count). The minimum Gasteiger partial charge on any atom is -0.375 e. The number of benzene rings is 1. The molecule has 1 unspecified atom stereocenters. The molecule has 7 nitrogen and oxygen atoms in total. The SMILES string of the molecule is Cc1c(-n2nnnc2CN2CC3C[C@H]2CO3)ccc(C#N)c1C(F)(F)F. The Hall–Kier alpha value is -2.51. The average Bonchev–Trinajstić information content (AvgIpc) is 3.30. The summed E-state index contributed by atoms with van der Waals surface area (Å²) >= 11 is 0. The Morgan fingerprint density at radius 2 is 2.19 bits per heavy atom. The van der Waals surface area contributed by atoms with Crippen LogP contribution in [0.15, 0.2) is 12.1 Å². The minimum absolute atomic E-state index is 0.0728. The van der Waals surface area contributed by atoms with Gasteiger partial charge in [0.2, 0.25) is 0 Å². The van der Waals surface area contributed by atoms with Gasteiger partial charge in [-0.1, -0.05) is 0 Å². The molecule has 2 aliphatic heterocycles. The van der Waals surface area contributed by atoms with Crippen molar-refractivity contribution in [1.82, 2.24) is 25.1 Å². The van der Waals surface area contributed by atoms with Gasteiger partial charge in [-0.3, -0.25) is 4.90 Å². The second-order valence-electron chi connectivity index (χ2n) is 6.52. The number of tetrazole rings is 1. The number of nitriles is 1. The van der Waals surface area contributed by atoms with Gasteiger partial charge in [0, 0.05) is 12.6 Å². The molecule has 0 N–H and O–H groups in total. The fraction of sp³-hybridized carbons (Fsp3) is 0.500. The van der Waals surface area contributed by atoms with E-state index in [4.69, 9.17) is 10.00 Å². The molecule has 26 heavy (non-hydrogen) atoms. The molecule has 2 atom stereocenters. The van der Waals surface area contributed by atoms with E-state index in [9.17, 15) is 13.2 Å². The first-order valence-electron chi connectivity index (χ1n) is 8.12. The lowest BCUT2D eigenvalue weighted by Crippen LogP contribution is -2.37. The van der Waals surface area contributed by atoms with E-state index in [1.165, 1.54) is 17.7 Å². The summed E-state index contributed by atoms with van der Waals surface area (Å²) in [4.78, 5) is 2.18. The van der Waals surface area contributed by atoms with E-state index in [1.54, 1.807) is 6.07 Å². The zero-order valence-corrected chi connectivity index (χ0v) is 13.9. The Balaban J connectivity index is 1.71. The quantitative estimate of drug-likeness (QED) is 0.827. The second-order valence-corrected chi connectivity index (χ2v) is 6.52. The summed E-state index contributed by atoms with van der Waals surface area (Å²) in [6.45, 7) is 3.17. The number of alkyl halides is 3. The van der Waals surface area contributed by atoms with Gasteiger partial charge in [0.25, 0.3) is 0 Å². The summed E-state index contributed by atoms with van der Waals surface area (Å²) in [5.74, 6) is 0.457. The highest BCUT2D eigenvalue weighted by atomic mass is 19.4. The van der Waals surface area contributed by atoms with Crippen molar-refractivity contribution in [1.29, 1.82) is 5.26 Å². The van der Waals surface area contributed by atoms with Crippen molar-refractivity contribution in [3.8, 4) is 11.8 Å². The highest BCUT2D eigenvalue weighted by Crippen LogP contribution is 2.37. The van der Waals surface area contributed by atoms with Gasteiger partial charge in [-0.05, 0) is 41.5 Å². The first kappa shape index (κ1) is 16.9. The second kappa shape index (κ2) is 6.03. The summed E-state index contributed by atoms with van der Waals surface area (Å²) in [7, 11) is 0. The van der Waals surface area contributed by atoms with Gasteiger partial charge in [0.05, 0.1) is 42.1 Å². The molecule has 2 fully saturated rings. The van der Waals surface area contributed by atoms with E-state index in [1.807, 2.05) is 0 Å². The summed E-state index contributed by atoms with van der Waals surface area (Å²) in [6, 6.07) is 4.50. The fourth-order valence-corrected chi connectivity index (χ4v) is 3.73. The molecule has 0 saturated carbocycles. The summed E-state index contributed by atoms with van der Waals surface area (Å²) in [5, 5.41) is 20.5. The summed E-state index contributed by atoms with van der Waals surface area (Å²) in [5.41, 5.74) is -1.22. The highest BCUT2D eigenvalue weighted by Gasteiger charge is 2.40. The molecule has 136 valence electrons. The van der Waals surface area contributed by atoms with Crippen molar-refractivity contribution in [3.63, 3.8) is 0 Å². The van der Waals surface area contributed by atoms with E-state index < -0.39 is 17.3 Å². The third kappa shape index (κ3) is 2.73. The molecule has 10 heteroatoms. The molecule has 1 aromatic heterocycles. The average molecular weight is 364 g/mol. The van der Waals surface area contributed by atoms with Crippen LogP contribution in [-0.4, -0.2) is 50.4 Å². The molecule has 1 aromatic carbocycles. The van der Waals surface area contributed by atoms with Crippen molar-refractivity contribution in [2.24, 2.45) is 0 Å². The number of nitrogens with zero attached hydrogens (tertiary/aromatic N) is 6. The van der Waals surface area contributed by atoms with Gasteiger partial charge in [0.1, 0.15) is 0 Å². The number of morpholine rings is 1. The summed E-state index contributed by atoms with van der Waals surface area (Å²) < 4.78 is 47.1. The van der Waals surface area contributed by atoms with Crippen LogP contribution in [0.2, 0.25) is 0 Å². The normalized spacial score (nSPS) is 22.7. The van der Waals surface area contributed by atoms with Crippen molar-refractivity contribution in [2.75, 3.05) is 13.2 Å². The van der Waals surface area contributed by atoms with Crippen LogP contribution < -0.4 is 0 Å². The third-order valence-corrected chi connectivity index (χ3v) is 4.96. The number of likely N-dealkylation sites (tertiary alicyclic amines) is 1. The maximum Gasteiger partial charge on any atom is 0.418 e. The minimum atomic E-state index is -4.63. The van der Waals surface area contributed by atoms with E-state index in [0.717, 1.165) is 19.0 Å². The van der Waals surface area contributed by atoms with Gasteiger partial charge < -0.3 is 4.74 Å². The Morgan fingerprint density at radius 1 is 1.38 bits per heavy atom. The topological polar surface area (TPSA) is 79.9 Å². The van der Waals surface area contributed by atoms with Crippen LogP contribution in [0.1, 0.15) is 28.9 Å². The van der Waals surface area contributed by atoms with Crippen LogP contribution in [0, 0.1) is 18.3 Å². The van der Waals surface area contributed by atoms with Crippen LogP contribution in [0.5, 0.6) is 0 Å². The lowest BCUT2D eigenvalue weighted by molar-refractivity contribution is -0.138. The number of rotatable bonds is 3. The zero-order valence-electron chi connectivity index (χ0n) is 13.9. The number of ether oxygens (including phenoxy) is 1. The first-order valence-corrected chi connectivity index (χ1v) is 8.12. The highest BCUT2D eigenvalue weighted by molar-refractivity contribution is 5.54. The van der Waals surface area contributed by atoms with Crippen molar-refractivity contribution < 1.29 is 17.9 Å². The molecule has 2 aliphatic rings. The molecule has 0 spiro atoms. The van der Waals surface area contributed by atoms with E-state index in [-0.39, 0.29) is 23.4 Å². The molecule has 0 radical (unpaired) electrons. The van der Waals surface area contributed by atoms with Gasteiger partial charge in [-0.25, -0.2) is 0 Å². The molecule has 0 aliphatic carbocycles. The van der Waals surface area contributed by atoms with Crippen molar-refractivity contribution in [3.05, 3.63) is 34.6 Å². The number of halogens is 3. The van der Waals surface area contributed by atoms with Gasteiger partial charge in [0.15, 0.2) is 5.82 Å². The predicted octanol–water partition coefficient (Wildman–Crippen LogP) is 1.83. The van der Waals surface area contributed by atoms with Crippen molar-refractivity contribution >= 4 is 0 Å². The predicted molar refractivity (Wildman–Crippen MR) is 82.2 cm³/mol. The maximum absolute atomic E-state index is 13.4. The number of aromatic nitrogens is 4. The van der Waals surface area contributed by atoms with E-state index in [2.05, 4.69) is 20.4 Å². The molecule has 2 saturated heterocycles. The van der Waals surface area contributed by atoms with Crippen LogP contribution in [0.3, 0.4) is 0 Å². The van der Waals surface area contributed by atoms with Crippen LogP contribution in [-0.2, 0) is 17.5 Å². The Labute approximate surface area is 147 Å². The molecule has 0 amide bonds. The number of hydrogen-bond acceptors (Lipinski definition) is 6. The van der Waals surface area contributed by atoms with Gasteiger partial charge >= 0.3 is 6.18 Å². The molecule has 2 aromatic rings. The maximum atomic E-state index is 13.4. The van der Waals surface area contributed by atoms with Gasteiger partial charge in [-0.2, -0.15) is 23.1 Å². The number of hydrogen-bond donors (Lipinski definition) is 0. The van der Waals surface area contributed by atoms with Crippen LogP contribution in [0.25, 0.3) is 5.69 Å². The third-order valence-electron chi connectivity index (χ3n) is 4.96. The van der Waals surface area contributed by atoms with Crippen LogP contribution >= 0.6 is 0 Å². The largest absolute Gasteiger partial charge is 0.418 e. The molecular formula is C16H15F3N6O. The van der Waals surface area contributed by atoms with Gasteiger partial charge in [-0.15, -0.1) is 5.10 Å². The molecular weight excluding hydrogens is 349 g/mol. The lowest BCUT2D eigenvalue weighted by atomic mass is 10.0. The first-order chi connectivity index (χ1) is 12.4. The Morgan fingerprint density at radius 3 is 2.81 bits per heavy atom. The lowest BCUT2D eigenvalue weighted by Gasteiger charge is -2.26.